The Morgan fingerprint density at radius 2 is 2.00 bits per heavy atom. The third-order valence-electron chi connectivity index (χ3n) is 6.35. The molecule has 5 heterocycles. The van der Waals surface area contributed by atoms with Crippen molar-refractivity contribution in [1.82, 2.24) is 24.6 Å². The molecule has 3 aliphatic rings. The van der Waals surface area contributed by atoms with Crippen molar-refractivity contribution < 1.29 is 9.53 Å². The number of carbonyl (C=O) groups is 1. The van der Waals surface area contributed by atoms with Crippen LogP contribution in [0.25, 0.3) is 11.3 Å². The van der Waals surface area contributed by atoms with E-state index in [4.69, 9.17) is 9.72 Å². The summed E-state index contributed by atoms with van der Waals surface area (Å²) in [6.45, 7) is 3.48. The van der Waals surface area contributed by atoms with E-state index in [-0.39, 0.29) is 18.1 Å². The molecule has 3 aliphatic heterocycles. The van der Waals surface area contributed by atoms with E-state index >= 15 is 0 Å². The van der Waals surface area contributed by atoms with Gasteiger partial charge in [0.05, 0.1) is 23.6 Å². The molecule has 2 aromatic heterocycles. The summed E-state index contributed by atoms with van der Waals surface area (Å²) in [6.07, 6.45) is 9.52. The first-order valence-electron chi connectivity index (χ1n) is 10.7. The summed E-state index contributed by atoms with van der Waals surface area (Å²) in [5.41, 5.74) is 2.92. The second kappa shape index (κ2) is 7.74. The van der Waals surface area contributed by atoms with E-state index in [9.17, 15) is 4.79 Å². The number of anilines is 1. The lowest BCUT2D eigenvalue weighted by Crippen LogP contribution is -2.39. The van der Waals surface area contributed by atoms with Crippen molar-refractivity contribution in [3.8, 4) is 11.3 Å². The Hall–Kier alpha value is -2.48. The smallest absolute Gasteiger partial charge is 0.252 e. The fraction of sp³-hybridized carbons (Fsp3) is 0.619. The number of aryl methyl sites for hydroxylation is 1. The van der Waals surface area contributed by atoms with E-state index in [1.807, 2.05) is 35.1 Å². The fourth-order valence-corrected chi connectivity index (χ4v) is 4.88. The van der Waals surface area contributed by atoms with E-state index in [1.54, 1.807) is 0 Å². The predicted molar refractivity (Wildman–Crippen MR) is 108 cm³/mol. The number of hydrogen-bond donors (Lipinski definition) is 0. The van der Waals surface area contributed by atoms with E-state index in [0.29, 0.717) is 6.61 Å². The van der Waals surface area contributed by atoms with Gasteiger partial charge in [-0.05, 0) is 44.6 Å². The van der Waals surface area contributed by atoms with E-state index in [1.165, 1.54) is 12.8 Å². The molecule has 0 aliphatic carbocycles. The molecule has 0 aromatic carbocycles. The van der Waals surface area contributed by atoms with Crippen molar-refractivity contribution in [3.63, 3.8) is 0 Å². The summed E-state index contributed by atoms with van der Waals surface area (Å²) in [5.74, 6) is 0.908. The molecule has 3 fully saturated rings. The largest absolute Gasteiger partial charge is 0.368 e. The fourth-order valence-electron chi connectivity index (χ4n) is 4.88. The van der Waals surface area contributed by atoms with Gasteiger partial charge in [0.2, 0.25) is 5.95 Å². The molecular formula is C21H28N6O2. The van der Waals surface area contributed by atoms with Crippen molar-refractivity contribution in [2.24, 2.45) is 7.05 Å². The lowest BCUT2D eigenvalue weighted by Gasteiger charge is -2.28. The first kappa shape index (κ1) is 18.5. The van der Waals surface area contributed by atoms with Crippen molar-refractivity contribution in [2.45, 2.75) is 50.7 Å². The maximum atomic E-state index is 13.1. The number of hydrogen-bond acceptors (Lipinski definition) is 6. The van der Waals surface area contributed by atoms with Crippen LogP contribution >= 0.6 is 0 Å². The molecule has 0 bridgehead atoms. The zero-order valence-electron chi connectivity index (χ0n) is 17.0. The minimum absolute atomic E-state index is 0.0133. The second-order valence-electron chi connectivity index (χ2n) is 8.19. The zero-order valence-corrected chi connectivity index (χ0v) is 17.0. The van der Waals surface area contributed by atoms with Gasteiger partial charge in [-0.3, -0.25) is 9.48 Å². The molecule has 0 saturated carbocycles. The van der Waals surface area contributed by atoms with E-state index in [2.05, 4.69) is 15.0 Å². The summed E-state index contributed by atoms with van der Waals surface area (Å²) in [6, 6.07) is 1.96. The van der Waals surface area contributed by atoms with Crippen LogP contribution in [-0.2, 0) is 16.6 Å². The van der Waals surface area contributed by atoms with Crippen LogP contribution in [-0.4, -0.2) is 62.9 Å². The first-order chi connectivity index (χ1) is 14.2. The number of aromatic nitrogens is 4. The second-order valence-corrected chi connectivity index (χ2v) is 8.19. The SMILES string of the molecule is Cn1ncc(-c2ccnc(N3CCCC3)n2)c1[C@H]1CCCN1C(=O)[C@@H]1CCCO1. The maximum Gasteiger partial charge on any atom is 0.252 e. The molecule has 1 amide bonds. The number of ether oxygens (including phenoxy) is 1. The van der Waals surface area contributed by atoms with Crippen LogP contribution in [0.5, 0.6) is 0 Å². The predicted octanol–water partition coefficient (Wildman–Crippen LogP) is 2.32. The summed E-state index contributed by atoms with van der Waals surface area (Å²) in [7, 11) is 1.95. The normalized spacial score (nSPS) is 24.6. The number of nitrogens with zero attached hydrogens (tertiary/aromatic N) is 6. The van der Waals surface area contributed by atoms with Gasteiger partial charge < -0.3 is 14.5 Å². The average Bonchev–Trinajstić information content (AvgIpc) is 3.55. The van der Waals surface area contributed by atoms with Crippen LogP contribution < -0.4 is 4.90 Å². The zero-order chi connectivity index (χ0) is 19.8. The molecule has 0 spiro atoms. The Labute approximate surface area is 170 Å². The van der Waals surface area contributed by atoms with Crippen LogP contribution in [0, 0.1) is 0 Å². The molecule has 8 heteroatoms. The highest BCUT2D eigenvalue weighted by molar-refractivity contribution is 5.82. The lowest BCUT2D eigenvalue weighted by atomic mass is 10.0. The highest BCUT2D eigenvalue weighted by Crippen LogP contribution is 2.38. The van der Waals surface area contributed by atoms with Gasteiger partial charge >= 0.3 is 0 Å². The summed E-state index contributed by atoms with van der Waals surface area (Å²) in [4.78, 5) is 26.7. The maximum absolute atomic E-state index is 13.1. The number of amides is 1. The minimum atomic E-state index is -0.284. The molecule has 2 aromatic rings. The Bertz CT molecular complexity index is 885. The van der Waals surface area contributed by atoms with Crippen LogP contribution in [0.4, 0.5) is 5.95 Å². The molecule has 2 atom stereocenters. The van der Waals surface area contributed by atoms with Crippen molar-refractivity contribution in [2.75, 3.05) is 31.1 Å². The topological polar surface area (TPSA) is 76.4 Å². The molecule has 8 nitrogen and oxygen atoms in total. The van der Waals surface area contributed by atoms with E-state index < -0.39 is 0 Å². The van der Waals surface area contributed by atoms with Crippen LogP contribution in [0.1, 0.15) is 50.3 Å². The quantitative estimate of drug-likeness (QED) is 0.789. The van der Waals surface area contributed by atoms with Gasteiger partial charge in [0.1, 0.15) is 6.10 Å². The number of likely N-dealkylation sites (tertiary alicyclic amines) is 1. The summed E-state index contributed by atoms with van der Waals surface area (Å²) >= 11 is 0. The molecule has 0 N–H and O–H groups in total. The highest BCUT2D eigenvalue weighted by Gasteiger charge is 2.38. The minimum Gasteiger partial charge on any atom is -0.368 e. The third-order valence-corrected chi connectivity index (χ3v) is 6.35. The Morgan fingerprint density at radius 3 is 2.79 bits per heavy atom. The Kier molecular flexibility index (Phi) is 4.95. The molecule has 29 heavy (non-hydrogen) atoms. The molecular weight excluding hydrogens is 368 g/mol. The standard InChI is InChI=1S/C21H28N6O2/c1-25-19(17-6-4-12-27(17)20(28)18-7-5-13-29-18)15(14-23-25)16-8-9-22-21(24-16)26-10-2-3-11-26/h8-9,14,17-18H,2-7,10-13H2,1H3/t17-,18+/m1/s1. The summed E-state index contributed by atoms with van der Waals surface area (Å²) in [5, 5.41) is 4.53. The van der Waals surface area contributed by atoms with Gasteiger partial charge in [-0.25, -0.2) is 9.97 Å². The Balaban J connectivity index is 1.47. The van der Waals surface area contributed by atoms with Crippen molar-refractivity contribution >= 4 is 11.9 Å². The monoisotopic (exact) mass is 396 g/mol. The van der Waals surface area contributed by atoms with Crippen molar-refractivity contribution in [1.29, 1.82) is 0 Å². The van der Waals surface area contributed by atoms with Gasteiger partial charge in [-0.2, -0.15) is 5.10 Å². The first-order valence-corrected chi connectivity index (χ1v) is 10.7. The van der Waals surface area contributed by atoms with Crippen LogP contribution in [0.2, 0.25) is 0 Å². The number of rotatable bonds is 4. The molecule has 0 radical (unpaired) electrons. The molecule has 0 unspecified atom stereocenters. The third kappa shape index (κ3) is 3.39. The molecule has 5 rings (SSSR count). The van der Waals surface area contributed by atoms with Gasteiger partial charge in [-0.1, -0.05) is 0 Å². The molecule has 3 saturated heterocycles. The molecule has 154 valence electrons. The van der Waals surface area contributed by atoms with Gasteiger partial charge in [0.25, 0.3) is 5.91 Å². The highest BCUT2D eigenvalue weighted by atomic mass is 16.5. The lowest BCUT2D eigenvalue weighted by molar-refractivity contribution is -0.142. The average molecular weight is 396 g/mol. The summed E-state index contributed by atoms with van der Waals surface area (Å²) < 4.78 is 7.57. The van der Waals surface area contributed by atoms with Gasteiger partial charge in [0.15, 0.2) is 0 Å². The van der Waals surface area contributed by atoms with Gasteiger partial charge in [0, 0.05) is 45.0 Å². The van der Waals surface area contributed by atoms with E-state index in [0.717, 1.165) is 68.2 Å². The van der Waals surface area contributed by atoms with Crippen molar-refractivity contribution in [3.05, 3.63) is 24.2 Å². The van der Waals surface area contributed by atoms with Gasteiger partial charge in [-0.15, -0.1) is 0 Å². The van der Waals surface area contributed by atoms with Crippen LogP contribution in [0.3, 0.4) is 0 Å². The Morgan fingerprint density at radius 1 is 1.14 bits per heavy atom. The van der Waals surface area contributed by atoms with Crippen LogP contribution in [0.15, 0.2) is 18.5 Å². The number of carbonyl (C=O) groups excluding carboxylic acids is 1.